The van der Waals surface area contributed by atoms with Gasteiger partial charge in [-0.2, -0.15) is 0 Å². The van der Waals surface area contributed by atoms with Crippen LogP contribution in [0, 0.1) is 0 Å². The van der Waals surface area contributed by atoms with Crippen LogP contribution in [0.3, 0.4) is 0 Å². The smallest absolute Gasteiger partial charge is 0.325 e. The van der Waals surface area contributed by atoms with Gasteiger partial charge in [0.2, 0.25) is 5.91 Å². The summed E-state index contributed by atoms with van der Waals surface area (Å²) in [4.78, 5) is 22.1. The number of carbonyl (C=O) groups is 2. The van der Waals surface area contributed by atoms with Crippen LogP contribution < -0.4 is 14.8 Å². The fourth-order valence-electron chi connectivity index (χ4n) is 1.63. The Morgan fingerprint density at radius 1 is 1.24 bits per heavy atom. The molecule has 1 amide bonds. The van der Waals surface area contributed by atoms with Crippen molar-refractivity contribution in [1.82, 2.24) is 5.32 Å². The molecule has 6 heteroatoms. The molecule has 1 aromatic rings. The van der Waals surface area contributed by atoms with Crippen LogP contribution in [0.4, 0.5) is 0 Å². The van der Waals surface area contributed by atoms with Crippen molar-refractivity contribution >= 4 is 11.9 Å². The molecule has 0 fully saturated rings. The number of amides is 1. The molecule has 0 saturated heterocycles. The molecule has 21 heavy (non-hydrogen) atoms. The number of aliphatic carboxylic acids is 1. The molecule has 0 saturated carbocycles. The van der Waals surface area contributed by atoms with E-state index >= 15 is 0 Å². The third-order valence-electron chi connectivity index (χ3n) is 2.70. The fourth-order valence-corrected chi connectivity index (χ4v) is 1.63. The first-order valence-corrected chi connectivity index (χ1v) is 6.91. The van der Waals surface area contributed by atoms with E-state index in [2.05, 4.69) is 5.32 Å². The lowest BCUT2D eigenvalue weighted by molar-refractivity contribution is -0.141. The van der Waals surface area contributed by atoms with Gasteiger partial charge < -0.3 is 19.9 Å². The predicted octanol–water partition coefficient (Wildman–Crippen LogP) is 1.83. The fraction of sp³-hybridized carbons (Fsp3) is 0.467. The average molecular weight is 295 g/mol. The minimum atomic E-state index is -1.05. The Morgan fingerprint density at radius 2 is 1.86 bits per heavy atom. The Bertz CT molecular complexity index is 475. The molecule has 0 aromatic heterocycles. The molecule has 1 rings (SSSR count). The number of carboxylic acid groups (broad SMARTS) is 1. The molecule has 2 N–H and O–H groups in total. The minimum Gasteiger partial charge on any atom is -0.490 e. The summed E-state index contributed by atoms with van der Waals surface area (Å²) in [6.07, 6.45) is 0.715. The van der Waals surface area contributed by atoms with E-state index in [1.807, 2.05) is 25.1 Å². The first-order valence-electron chi connectivity index (χ1n) is 6.91. The van der Waals surface area contributed by atoms with Gasteiger partial charge in [-0.25, -0.2) is 0 Å². The molecule has 0 aliphatic rings. The maximum atomic E-state index is 11.5. The molecule has 1 aromatic carbocycles. The molecule has 1 atom stereocenters. The maximum absolute atomic E-state index is 11.5. The zero-order valence-corrected chi connectivity index (χ0v) is 12.3. The quantitative estimate of drug-likeness (QED) is 0.679. The number of hydrogen-bond donors (Lipinski definition) is 2. The molecule has 0 aliphatic carbocycles. The number of para-hydroxylation sites is 2. The summed E-state index contributed by atoms with van der Waals surface area (Å²) < 4.78 is 11.0. The zero-order chi connectivity index (χ0) is 15.7. The van der Waals surface area contributed by atoms with Crippen LogP contribution in [0.1, 0.15) is 26.7 Å². The van der Waals surface area contributed by atoms with E-state index in [-0.39, 0.29) is 12.3 Å². The van der Waals surface area contributed by atoms with Crippen molar-refractivity contribution in [1.29, 1.82) is 0 Å². The lowest BCUT2D eigenvalue weighted by Gasteiger charge is -2.12. The van der Waals surface area contributed by atoms with Gasteiger partial charge in [0.25, 0.3) is 0 Å². The SMILES string of the molecule is CCOc1ccccc1OCCCC(=O)N[C@H](C)C(=O)O. The number of carbonyl (C=O) groups excluding carboxylic acids is 1. The Morgan fingerprint density at radius 3 is 2.43 bits per heavy atom. The standard InChI is InChI=1S/C15H21NO5/c1-3-20-12-7-4-5-8-13(12)21-10-6-9-14(17)16-11(2)15(18)19/h4-5,7-8,11H,3,6,9-10H2,1-2H3,(H,16,17)(H,18,19)/t11-/m1/s1. The molecule has 0 spiro atoms. The van der Waals surface area contributed by atoms with Crippen LogP contribution in [0.25, 0.3) is 0 Å². The number of carboxylic acids is 1. The first kappa shape index (κ1) is 16.8. The van der Waals surface area contributed by atoms with Gasteiger partial charge in [-0.1, -0.05) is 12.1 Å². The third-order valence-corrected chi connectivity index (χ3v) is 2.70. The van der Waals surface area contributed by atoms with E-state index in [4.69, 9.17) is 14.6 Å². The minimum absolute atomic E-state index is 0.217. The highest BCUT2D eigenvalue weighted by molar-refractivity contribution is 5.83. The number of benzene rings is 1. The van der Waals surface area contributed by atoms with Crippen molar-refractivity contribution in [2.24, 2.45) is 0 Å². The molecule has 0 unspecified atom stereocenters. The van der Waals surface area contributed by atoms with Gasteiger partial charge in [0.15, 0.2) is 11.5 Å². The Balaban J connectivity index is 2.31. The Kier molecular flexibility index (Phi) is 7.08. The second kappa shape index (κ2) is 8.84. The van der Waals surface area contributed by atoms with Gasteiger partial charge in [0.1, 0.15) is 6.04 Å². The monoisotopic (exact) mass is 295 g/mol. The highest BCUT2D eigenvalue weighted by Crippen LogP contribution is 2.26. The van der Waals surface area contributed by atoms with Crippen LogP contribution in [-0.4, -0.2) is 36.2 Å². The molecule has 116 valence electrons. The van der Waals surface area contributed by atoms with E-state index in [0.717, 1.165) is 0 Å². The molecular weight excluding hydrogens is 274 g/mol. The van der Waals surface area contributed by atoms with Crippen LogP contribution >= 0.6 is 0 Å². The number of nitrogens with one attached hydrogen (secondary N) is 1. The van der Waals surface area contributed by atoms with E-state index in [1.165, 1.54) is 6.92 Å². The Hall–Kier alpha value is -2.24. The second-order valence-electron chi connectivity index (χ2n) is 4.46. The largest absolute Gasteiger partial charge is 0.490 e. The van der Waals surface area contributed by atoms with Crippen molar-refractivity contribution in [3.8, 4) is 11.5 Å². The van der Waals surface area contributed by atoms with Gasteiger partial charge >= 0.3 is 5.97 Å². The van der Waals surface area contributed by atoms with Crippen LogP contribution in [-0.2, 0) is 9.59 Å². The predicted molar refractivity (Wildman–Crippen MR) is 77.6 cm³/mol. The van der Waals surface area contributed by atoms with Gasteiger partial charge in [-0.3, -0.25) is 9.59 Å². The van der Waals surface area contributed by atoms with Gasteiger partial charge in [-0.15, -0.1) is 0 Å². The summed E-state index contributed by atoms with van der Waals surface area (Å²) in [5.41, 5.74) is 0. The van der Waals surface area contributed by atoms with E-state index < -0.39 is 12.0 Å². The van der Waals surface area contributed by atoms with Crippen LogP contribution in [0.2, 0.25) is 0 Å². The van der Waals surface area contributed by atoms with Crippen molar-refractivity contribution in [3.05, 3.63) is 24.3 Å². The summed E-state index contributed by atoms with van der Waals surface area (Å²) in [5.74, 6) is -0.0422. The van der Waals surface area contributed by atoms with E-state index in [9.17, 15) is 9.59 Å². The van der Waals surface area contributed by atoms with Crippen molar-refractivity contribution in [3.63, 3.8) is 0 Å². The molecule has 0 radical (unpaired) electrons. The lowest BCUT2D eigenvalue weighted by atomic mass is 10.2. The lowest BCUT2D eigenvalue weighted by Crippen LogP contribution is -2.38. The van der Waals surface area contributed by atoms with Gasteiger partial charge in [0.05, 0.1) is 13.2 Å². The highest BCUT2D eigenvalue weighted by Gasteiger charge is 2.13. The van der Waals surface area contributed by atoms with E-state index in [1.54, 1.807) is 6.07 Å². The van der Waals surface area contributed by atoms with Gasteiger partial charge in [-0.05, 0) is 32.4 Å². The van der Waals surface area contributed by atoms with Gasteiger partial charge in [0, 0.05) is 6.42 Å². The summed E-state index contributed by atoms with van der Waals surface area (Å²) in [5, 5.41) is 11.1. The van der Waals surface area contributed by atoms with Crippen molar-refractivity contribution in [2.75, 3.05) is 13.2 Å². The summed E-state index contributed by atoms with van der Waals surface area (Å²) in [7, 11) is 0. The Labute approximate surface area is 124 Å². The van der Waals surface area contributed by atoms with Crippen molar-refractivity contribution < 1.29 is 24.2 Å². The molecule has 0 heterocycles. The second-order valence-corrected chi connectivity index (χ2v) is 4.46. The number of ether oxygens (including phenoxy) is 2. The number of hydrogen-bond acceptors (Lipinski definition) is 4. The van der Waals surface area contributed by atoms with E-state index in [0.29, 0.717) is 31.1 Å². The van der Waals surface area contributed by atoms with Crippen LogP contribution in [0.5, 0.6) is 11.5 Å². The molecule has 6 nitrogen and oxygen atoms in total. The highest BCUT2D eigenvalue weighted by atomic mass is 16.5. The summed E-state index contributed by atoms with van der Waals surface area (Å²) in [6, 6.07) is 6.45. The molecule has 0 bridgehead atoms. The zero-order valence-electron chi connectivity index (χ0n) is 12.3. The maximum Gasteiger partial charge on any atom is 0.325 e. The molecule has 0 aliphatic heterocycles. The topological polar surface area (TPSA) is 84.9 Å². The summed E-state index contributed by atoms with van der Waals surface area (Å²) >= 11 is 0. The normalized spacial score (nSPS) is 11.5. The number of rotatable bonds is 9. The third kappa shape index (κ3) is 6.16. The summed E-state index contributed by atoms with van der Waals surface area (Å²) in [6.45, 7) is 4.23. The average Bonchev–Trinajstić information content (AvgIpc) is 2.45. The van der Waals surface area contributed by atoms with Crippen molar-refractivity contribution in [2.45, 2.75) is 32.7 Å². The first-order chi connectivity index (χ1) is 10.0. The molecular formula is C15H21NO5. The van der Waals surface area contributed by atoms with Crippen LogP contribution in [0.15, 0.2) is 24.3 Å².